The molecular weight excluding hydrogens is 648 g/mol. The van der Waals surface area contributed by atoms with Crippen molar-refractivity contribution in [3.05, 3.63) is 142 Å². The molecule has 2 unspecified atom stereocenters. The van der Waals surface area contributed by atoms with Crippen LogP contribution in [0.25, 0.3) is 0 Å². The maximum absolute atomic E-state index is 13.1. The SMILES string of the molecule is CC(C)(O)C(=O)c1ccc(C(OC(c2ccc(C(=O)C(C)(C)O)cc2)c2cccc(C(=O)C(C)(C)O)c2)c2cccc(C(=O)C(C)(C)O)c2)cc1. The molecule has 0 aliphatic rings. The lowest BCUT2D eigenvalue weighted by Crippen LogP contribution is -2.31. The first-order valence-corrected chi connectivity index (χ1v) is 16.6. The third kappa shape index (κ3) is 9.38. The minimum absolute atomic E-state index is 0.242. The van der Waals surface area contributed by atoms with Crippen molar-refractivity contribution in [2.45, 2.75) is 90.0 Å². The second-order valence-electron chi connectivity index (χ2n) is 14.9. The van der Waals surface area contributed by atoms with Crippen LogP contribution in [-0.2, 0) is 4.74 Å². The Hall–Kier alpha value is -4.64. The van der Waals surface area contributed by atoms with Crippen LogP contribution >= 0.6 is 0 Å². The number of ketones is 4. The molecule has 0 spiro atoms. The van der Waals surface area contributed by atoms with Crippen molar-refractivity contribution in [1.29, 1.82) is 0 Å². The van der Waals surface area contributed by atoms with E-state index in [0.29, 0.717) is 22.3 Å². The van der Waals surface area contributed by atoms with E-state index in [9.17, 15) is 39.6 Å². The van der Waals surface area contributed by atoms with Crippen LogP contribution in [0.1, 0.15) is 131 Å². The summed E-state index contributed by atoms with van der Waals surface area (Å²) in [5, 5.41) is 41.6. The van der Waals surface area contributed by atoms with Crippen molar-refractivity contribution in [1.82, 2.24) is 0 Å². The second-order valence-corrected chi connectivity index (χ2v) is 14.9. The molecule has 0 aliphatic carbocycles. The zero-order chi connectivity index (χ0) is 38.1. The molecule has 9 nitrogen and oxygen atoms in total. The van der Waals surface area contributed by atoms with Gasteiger partial charge >= 0.3 is 0 Å². The molecule has 0 aliphatic heterocycles. The van der Waals surface area contributed by atoms with Gasteiger partial charge < -0.3 is 25.2 Å². The molecular formula is C42H46O9. The Morgan fingerprint density at radius 1 is 0.412 bits per heavy atom. The van der Waals surface area contributed by atoms with Gasteiger partial charge in [-0.1, -0.05) is 84.9 Å². The van der Waals surface area contributed by atoms with Crippen LogP contribution < -0.4 is 0 Å². The summed E-state index contributed by atoms with van der Waals surface area (Å²) >= 11 is 0. The van der Waals surface area contributed by atoms with Crippen molar-refractivity contribution in [2.24, 2.45) is 0 Å². The van der Waals surface area contributed by atoms with Gasteiger partial charge in [0.1, 0.15) is 34.6 Å². The molecule has 4 aromatic rings. The third-order valence-corrected chi connectivity index (χ3v) is 8.35. The van der Waals surface area contributed by atoms with Crippen LogP contribution in [0.5, 0.6) is 0 Å². The molecule has 0 heterocycles. The second kappa shape index (κ2) is 14.5. The summed E-state index contributed by atoms with van der Waals surface area (Å²) in [7, 11) is 0. The molecule has 0 saturated carbocycles. The molecule has 4 aromatic carbocycles. The predicted octanol–water partition coefficient (Wildman–Crippen LogP) is 6.40. The quantitative estimate of drug-likeness (QED) is 0.110. The molecule has 268 valence electrons. The van der Waals surface area contributed by atoms with E-state index in [2.05, 4.69) is 0 Å². The number of carbonyl (C=O) groups is 4. The standard InChI is InChI=1S/C42H46O9/c1-39(2,47)35(43)27-19-15-25(16-20-27)33(29-11-9-13-31(23-29)37(45)41(5,6)49)51-34(26-17-21-28(22-18-26)36(44)40(3,4)48)30-12-10-14-32(24-30)38(46)42(7,8)50/h9-24,33-34,47-50H,1-8H3. The van der Waals surface area contributed by atoms with E-state index in [4.69, 9.17) is 4.74 Å². The molecule has 4 rings (SSSR count). The lowest BCUT2D eigenvalue weighted by molar-refractivity contribution is 0.0304. The summed E-state index contributed by atoms with van der Waals surface area (Å²) in [6.45, 7) is 11.2. The molecule has 0 bridgehead atoms. The average molecular weight is 695 g/mol. The number of hydrogen-bond donors (Lipinski definition) is 4. The molecule has 0 radical (unpaired) electrons. The predicted molar refractivity (Wildman–Crippen MR) is 193 cm³/mol. The van der Waals surface area contributed by atoms with Gasteiger partial charge in [-0.05, 0) is 89.8 Å². The Labute approximate surface area is 298 Å². The molecule has 4 N–H and O–H groups in total. The molecule has 0 amide bonds. The highest BCUT2D eigenvalue weighted by atomic mass is 16.5. The number of Topliss-reactive ketones (excluding diaryl/α,β-unsaturated/α-hetero) is 4. The largest absolute Gasteiger partial charge is 0.382 e. The van der Waals surface area contributed by atoms with Crippen LogP contribution in [0, 0.1) is 0 Å². The van der Waals surface area contributed by atoms with Gasteiger partial charge in [0.05, 0.1) is 0 Å². The number of rotatable bonds is 14. The topological polar surface area (TPSA) is 158 Å². The summed E-state index contributed by atoms with van der Waals surface area (Å²) in [6.07, 6.45) is -1.80. The molecule has 0 fully saturated rings. The Bertz CT molecular complexity index is 1770. The summed E-state index contributed by atoms with van der Waals surface area (Å²) in [5.74, 6) is -1.96. The Morgan fingerprint density at radius 3 is 0.961 bits per heavy atom. The first-order chi connectivity index (χ1) is 23.5. The molecule has 51 heavy (non-hydrogen) atoms. The third-order valence-electron chi connectivity index (χ3n) is 8.35. The van der Waals surface area contributed by atoms with Crippen LogP contribution in [-0.4, -0.2) is 66.0 Å². The normalized spacial score (nSPS) is 13.7. The van der Waals surface area contributed by atoms with Gasteiger partial charge in [0, 0.05) is 22.3 Å². The van der Waals surface area contributed by atoms with Crippen LogP contribution in [0.3, 0.4) is 0 Å². The maximum Gasteiger partial charge on any atom is 0.193 e. The minimum atomic E-state index is -1.65. The monoisotopic (exact) mass is 694 g/mol. The lowest BCUT2D eigenvalue weighted by Gasteiger charge is -2.28. The molecule has 2 atom stereocenters. The summed E-state index contributed by atoms with van der Waals surface area (Å²) in [4.78, 5) is 52.0. The maximum atomic E-state index is 13.1. The number of hydrogen-bond acceptors (Lipinski definition) is 9. The van der Waals surface area contributed by atoms with Crippen LogP contribution in [0.2, 0.25) is 0 Å². The number of aliphatic hydroxyl groups is 4. The average Bonchev–Trinajstić information content (AvgIpc) is 3.06. The van der Waals surface area contributed by atoms with Crippen molar-refractivity contribution < 1.29 is 44.3 Å². The number of benzene rings is 4. The van der Waals surface area contributed by atoms with Gasteiger partial charge in [-0.15, -0.1) is 0 Å². The van der Waals surface area contributed by atoms with Gasteiger partial charge in [0.25, 0.3) is 0 Å². The van der Waals surface area contributed by atoms with Gasteiger partial charge in [0.2, 0.25) is 0 Å². The Balaban J connectivity index is 1.92. The Morgan fingerprint density at radius 2 is 0.686 bits per heavy atom. The summed E-state index contributed by atoms with van der Waals surface area (Å²) in [6, 6.07) is 26.3. The smallest absolute Gasteiger partial charge is 0.193 e. The van der Waals surface area contributed by atoms with Crippen molar-refractivity contribution in [3.8, 4) is 0 Å². The molecule has 9 heteroatoms. The van der Waals surface area contributed by atoms with E-state index >= 15 is 0 Å². The van der Waals surface area contributed by atoms with E-state index in [1.165, 1.54) is 55.4 Å². The highest BCUT2D eigenvalue weighted by Crippen LogP contribution is 2.38. The zero-order valence-electron chi connectivity index (χ0n) is 30.2. The van der Waals surface area contributed by atoms with E-state index in [0.717, 1.165) is 0 Å². The van der Waals surface area contributed by atoms with Gasteiger partial charge in [-0.3, -0.25) is 19.2 Å². The lowest BCUT2D eigenvalue weighted by atomic mass is 9.90. The van der Waals surface area contributed by atoms with Gasteiger partial charge in [-0.25, -0.2) is 0 Å². The highest BCUT2D eigenvalue weighted by molar-refractivity contribution is 6.03. The zero-order valence-corrected chi connectivity index (χ0v) is 30.2. The van der Waals surface area contributed by atoms with E-state index in [1.807, 2.05) is 0 Å². The van der Waals surface area contributed by atoms with E-state index in [1.54, 1.807) is 97.1 Å². The van der Waals surface area contributed by atoms with E-state index < -0.39 is 57.7 Å². The van der Waals surface area contributed by atoms with Crippen molar-refractivity contribution in [3.63, 3.8) is 0 Å². The summed E-state index contributed by atoms with van der Waals surface area (Å²) < 4.78 is 6.95. The Kier molecular flexibility index (Phi) is 11.2. The first kappa shape index (κ1) is 39.2. The number of carbonyl (C=O) groups excluding carboxylic acids is 4. The molecule has 0 aromatic heterocycles. The highest BCUT2D eigenvalue weighted by Gasteiger charge is 2.31. The van der Waals surface area contributed by atoms with Gasteiger partial charge in [0.15, 0.2) is 23.1 Å². The van der Waals surface area contributed by atoms with Crippen LogP contribution in [0.4, 0.5) is 0 Å². The summed E-state index contributed by atoms with van der Waals surface area (Å²) in [5.41, 5.74) is -3.22. The number of ether oxygens (including phenoxy) is 1. The van der Waals surface area contributed by atoms with Crippen molar-refractivity contribution in [2.75, 3.05) is 0 Å². The van der Waals surface area contributed by atoms with Crippen molar-refractivity contribution >= 4 is 23.1 Å². The molecule has 0 saturated heterocycles. The fraction of sp³-hybridized carbons (Fsp3) is 0.333. The van der Waals surface area contributed by atoms with Crippen LogP contribution in [0.15, 0.2) is 97.1 Å². The van der Waals surface area contributed by atoms with Gasteiger partial charge in [-0.2, -0.15) is 0 Å². The van der Waals surface area contributed by atoms with E-state index in [-0.39, 0.29) is 22.3 Å². The fourth-order valence-electron chi connectivity index (χ4n) is 5.55. The minimum Gasteiger partial charge on any atom is -0.382 e. The first-order valence-electron chi connectivity index (χ1n) is 16.6. The fourth-order valence-corrected chi connectivity index (χ4v) is 5.55.